The second-order valence-corrected chi connectivity index (χ2v) is 5.18. The molecule has 0 bridgehead atoms. The molecule has 2 unspecified atom stereocenters. The van der Waals surface area contributed by atoms with E-state index in [0.29, 0.717) is 18.7 Å². The van der Waals surface area contributed by atoms with E-state index in [1.54, 1.807) is 11.3 Å². The fourth-order valence-electron chi connectivity index (χ4n) is 2.03. The summed E-state index contributed by atoms with van der Waals surface area (Å²) in [6, 6.07) is 3.09. The first kappa shape index (κ1) is 11.1. The number of rotatable bonds is 6. The number of aliphatic hydroxyl groups is 1. The average molecular weight is 225 g/mol. The Bertz CT molecular complexity index is 282. The third-order valence-electron chi connectivity index (χ3n) is 3.14. The van der Waals surface area contributed by atoms with Crippen LogP contribution in [-0.2, 0) is 0 Å². The van der Waals surface area contributed by atoms with Crippen LogP contribution in [0.1, 0.15) is 37.8 Å². The zero-order chi connectivity index (χ0) is 10.7. The Morgan fingerprint density at radius 2 is 2.40 bits per heavy atom. The van der Waals surface area contributed by atoms with Crippen molar-refractivity contribution in [3.8, 4) is 0 Å². The Morgan fingerprint density at radius 1 is 1.60 bits per heavy atom. The normalized spacial score (nSPS) is 20.1. The standard InChI is InChI=1S/C12H19NOS/c1-9(11-5-7-15-8-11)13-12(4-6-14)10-2-3-10/h5,7-10,12-14H,2-4,6H2,1H3. The third kappa shape index (κ3) is 3.03. The van der Waals surface area contributed by atoms with E-state index in [9.17, 15) is 0 Å². The van der Waals surface area contributed by atoms with E-state index in [2.05, 4.69) is 29.1 Å². The molecule has 1 aliphatic rings. The van der Waals surface area contributed by atoms with Crippen molar-refractivity contribution in [3.63, 3.8) is 0 Å². The number of hydrogen-bond donors (Lipinski definition) is 2. The molecule has 0 aromatic carbocycles. The van der Waals surface area contributed by atoms with Crippen molar-refractivity contribution < 1.29 is 5.11 Å². The van der Waals surface area contributed by atoms with Gasteiger partial charge in [0.1, 0.15) is 0 Å². The maximum absolute atomic E-state index is 9.02. The molecule has 0 amide bonds. The van der Waals surface area contributed by atoms with Crippen LogP contribution < -0.4 is 5.32 Å². The van der Waals surface area contributed by atoms with Gasteiger partial charge in [0.05, 0.1) is 0 Å². The molecule has 84 valence electrons. The van der Waals surface area contributed by atoms with Crippen LogP contribution in [0.3, 0.4) is 0 Å². The predicted molar refractivity (Wildman–Crippen MR) is 64.1 cm³/mol. The molecule has 2 atom stereocenters. The largest absolute Gasteiger partial charge is 0.396 e. The van der Waals surface area contributed by atoms with Gasteiger partial charge in [-0.15, -0.1) is 0 Å². The van der Waals surface area contributed by atoms with Gasteiger partial charge in [-0.25, -0.2) is 0 Å². The van der Waals surface area contributed by atoms with Gasteiger partial charge in [0, 0.05) is 18.7 Å². The van der Waals surface area contributed by atoms with Gasteiger partial charge in [-0.05, 0) is 54.5 Å². The summed E-state index contributed by atoms with van der Waals surface area (Å²) in [6.07, 6.45) is 3.54. The molecule has 1 heterocycles. The molecule has 2 N–H and O–H groups in total. The molecule has 0 radical (unpaired) electrons. The maximum Gasteiger partial charge on any atom is 0.0445 e. The van der Waals surface area contributed by atoms with Gasteiger partial charge in [0.15, 0.2) is 0 Å². The lowest BCUT2D eigenvalue weighted by atomic mass is 10.1. The monoisotopic (exact) mass is 225 g/mol. The topological polar surface area (TPSA) is 32.3 Å². The van der Waals surface area contributed by atoms with Crippen LogP contribution in [0.2, 0.25) is 0 Å². The van der Waals surface area contributed by atoms with Crippen molar-refractivity contribution >= 4 is 11.3 Å². The summed E-state index contributed by atoms with van der Waals surface area (Å²) in [6.45, 7) is 2.50. The van der Waals surface area contributed by atoms with Gasteiger partial charge in [-0.2, -0.15) is 11.3 Å². The van der Waals surface area contributed by atoms with E-state index in [0.717, 1.165) is 12.3 Å². The van der Waals surface area contributed by atoms with E-state index in [-0.39, 0.29) is 0 Å². The molecule has 1 aromatic heterocycles. The van der Waals surface area contributed by atoms with Crippen LogP contribution in [0.4, 0.5) is 0 Å². The van der Waals surface area contributed by atoms with Crippen molar-refractivity contribution in [2.24, 2.45) is 5.92 Å². The number of thiophene rings is 1. The highest BCUT2D eigenvalue weighted by Gasteiger charge is 2.31. The lowest BCUT2D eigenvalue weighted by molar-refractivity contribution is 0.250. The predicted octanol–water partition coefficient (Wildman–Crippen LogP) is 2.56. The number of aliphatic hydroxyl groups excluding tert-OH is 1. The van der Waals surface area contributed by atoms with Crippen molar-refractivity contribution in [1.29, 1.82) is 0 Å². The van der Waals surface area contributed by atoms with E-state index < -0.39 is 0 Å². The number of nitrogens with one attached hydrogen (secondary N) is 1. The highest BCUT2D eigenvalue weighted by molar-refractivity contribution is 7.07. The van der Waals surface area contributed by atoms with Crippen molar-refractivity contribution in [2.75, 3.05) is 6.61 Å². The van der Waals surface area contributed by atoms with E-state index in [1.165, 1.54) is 18.4 Å². The summed E-state index contributed by atoms with van der Waals surface area (Å²) in [4.78, 5) is 0. The van der Waals surface area contributed by atoms with Gasteiger partial charge < -0.3 is 10.4 Å². The zero-order valence-electron chi connectivity index (χ0n) is 9.15. The quantitative estimate of drug-likeness (QED) is 0.780. The summed E-state index contributed by atoms with van der Waals surface area (Å²) in [5.74, 6) is 0.804. The molecular weight excluding hydrogens is 206 g/mol. The first-order chi connectivity index (χ1) is 7.31. The number of hydrogen-bond acceptors (Lipinski definition) is 3. The van der Waals surface area contributed by atoms with Crippen LogP contribution in [0.15, 0.2) is 16.8 Å². The first-order valence-corrected chi connectivity index (χ1v) is 6.64. The van der Waals surface area contributed by atoms with Crippen LogP contribution in [0.25, 0.3) is 0 Å². The second-order valence-electron chi connectivity index (χ2n) is 4.40. The van der Waals surface area contributed by atoms with E-state index in [1.807, 2.05) is 0 Å². The molecule has 2 rings (SSSR count). The molecule has 1 aromatic rings. The fourth-order valence-corrected chi connectivity index (χ4v) is 2.79. The fraction of sp³-hybridized carbons (Fsp3) is 0.667. The molecule has 2 nitrogen and oxygen atoms in total. The third-order valence-corrected chi connectivity index (χ3v) is 3.84. The van der Waals surface area contributed by atoms with E-state index >= 15 is 0 Å². The van der Waals surface area contributed by atoms with Gasteiger partial charge in [0.2, 0.25) is 0 Å². The Balaban J connectivity index is 1.88. The lowest BCUT2D eigenvalue weighted by Gasteiger charge is -2.22. The van der Waals surface area contributed by atoms with Gasteiger partial charge in [-0.3, -0.25) is 0 Å². The molecule has 1 saturated carbocycles. The van der Waals surface area contributed by atoms with Crippen LogP contribution >= 0.6 is 11.3 Å². The van der Waals surface area contributed by atoms with Gasteiger partial charge in [0.25, 0.3) is 0 Å². The average Bonchev–Trinajstić information content (AvgIpc) is 2.92. The van der Waals surface area contributed by atoms with Crippen LogP contribution in [0.5, 0.6) is 0 Å². The molecule has 0 aliphatic heterocycles. The Morgan fingerprint density at radius 3 is 2.93 bits per heavy atom. The molecule has 1 fully saturated rings. The summed E-state index contributed by atoms with van der Waals surface area (Å²) < 4.78 is 0. The highest BCUT2D eigenvalue weighted by atomic mass is 32.1. The highest BCUT2D eigenvalue weighted by Crippen LogP contribution is 2.35. The minimum absolute atomic E-state index is 0.296. The minimum Gasteiger partial charge on any atom is -0.396 e. The summed E-state index contributed by atoms with van der Waals surface area (Å²) in [7, 11) is 0. The van der Waals surface area contributed by atoms with Crippen LogP contribution in [0, 0.1) is 5.92 Å². The Hall–Kier alpha value is -0.380. The SMILES string of the molecule is CC(NC(CCO)C1CC1)c1ccsc1. The first-order valence-electron chi connectivity index (χ1n) is 5.70. The molecular formula is C12H19NOS. The molecule has 15 heavy (non-hydrogen) atoms. The zero-order valence-corrected chi connectivity index (χ0v) is 9.96. The maximum atomic E-state index is 9.02. The Kier molecular flexibility index (Phi) is 3.78. The summed E-state index contributed by atoms with van der Waals surface area (Å²) in [5.41, 5.74) is 1.36. The van der Waals surface area contributed by atoms with Gasteiger partial charge >= 0.3 is 0 Å². The van der Waals surface area contributed by atoms with Crippen molar-refractivity contribution in [2.45, 2.75) is 38.3 Å². The van der Waals surface area contributed by atoms with E-state index in [4.69, 9.17) is 5.11 Å². The lowest BCUT2D eigenvalue weighted by Crippen LogP contribution is -2.34. The second kappa shape index (κ2) is 5.10. The summed E-state index contributed by atoms with van der Waals surface area (Å²) >= 11 is 1.74. The molecule has 0 spiro atoms. The minimum atomic E-state index is 0.296. The van der Waals surface area contributed by atoms with Crippen molar-refractivity contribution in [1.82, 2.24) is 5.32 Å². The molecule has 1 aliphatic carbocycles. The molecule has 0 saturated heterocycles. The molecule has 3 heteroatoms. The Labute approximate surface area is 95.3 Å². The van der Waals surface area contributed by atoms with Crippen LogP contribution in [-0.4, -0.2) is 17.8 Å². The van der Waals surface area contributed by atoms with Gasteiger partial charge in [-0.1, -0.05) is 0 Å². The van der Waals surface area contributed by atoms with Crippen molar-refractivity contribution in [3.05, 3.63) is 22.4 Å². The smallest absolute Gasteiger partial charge is 0.0445 e. The summed E-state index contributed by atoms with van der Waals surface area (Å²) in [5, 5.41) is 17.0.